The van der Waals surface area contributed by atoms with Crippen LogP contribution < -0.4 is 15.4 Å². The number of carbonyl (C=O) groups excluding carboxylic acids is 1. The van der Waals surface area contributed by atoms with Gasteiger partial charge in [0.15, 0.2) is 5.11 Å². The Hall–Kier alpha value is -2.59. The summed E-state index contributed by atoms with van der Waals surface area (Å²) in [6, 6.07) is 22.3. The van der Waals surface area contributed by atoms with Crippen LogP contribution in [-0.2, 0) is 16.6 Å². The highest BCUT2D eigenvalue weighted by molar-refractivity contribution is 9.10. The first-order valence-corrected chi connectivity index (χ1v) is 11.5. The SMILES string of the molecule is O=C(NC(=S)Nc1ccc(S(=O)(=O)NCc2ccccc2)cc1)c1cccc(Br)c1. The molecule has 30 heavy (non-hydrogen) atoms. The minimum absolute atomic E-state index is 0.109. The predicted molar refractivity (Wildman–Crippen MR) is 125 cm³/mol. The molecule has 3 N–H and O–H groups in total. The van der Waals surface area contributed by atoms with E-state index in [0.29, 0.717) is 11.3 Å². The van der Waals surface area contributed by atoms with E-state index in [1.54, 1.807) is 30.3 Å². The van der Waals surface area contributed by atoms with Gasteiger partial charge in [-0.15, -0.1) is 0 Å². The number of nitrogens with one attached hydrogen (secondary N) is 3. The third-order valence-electron chi connectivity index (χ3n) is 4.05. The number of halogens is 1. The number of anilines is 1. The minimum atomic E-state index is -3.65. The van der Waals surface area contributed by atoms with E-state index in [9.17, 15) is 13.2 Å². The van der Waals surface area contributed by atoms with Crippen LogP contribution in [0.15, 0.2) is 88.2 Å². The van der Waals surface area contributed by atoms with Crippen LogP contribution in [0.1, 0.15) is 15.9 Å². The largest absolute Gasteiger partial charge is 0.332 e. The zero-order valence-electron chi connectivity index (χ0n) is 15.6. The molecule has 3 aromatic carbocycles. The molecule has 0 spiro atoms. The summed E-state index contributed by atoms with van der Waals surface area (Å²) >= 11 is 8.48. The van der Waals surface area contributed by atoms with Gasteiger partial charge in [-0.1, -0.05) is 52.3 Å². The Bertz CT molecular complexity index is 1150. The molecule has 0 aromatic heterocycles. The molecular formula is C21H18BrN3O3S2. The van der Waals surface area contributed by atoms with Crippen molar-refractivity contribution in [1.29, 1.82) is 0 Å². The van der Waals surface area contributed by atoms with Gasteiger partial charge in [-0.05, 0) is 60.2 Å². The van der Waals surface area contributed by atoms with Crippen molar-refractivity contribution in [1.82, 2.24) is 10.0 Å². The molecule has 0 bridgehead atoms. The Morgan fingerprint density at radius 1 is 0.933 bits per heavy atom. The van der Waals surface area contributed by atoms with Crippen molar-refractivity contribution >= 4 is 54.9 Å². The molecule has 9 heteroatoms. The van der Waals surface area contributed by atoms with Crippen molar-refractivity contribution in [2.75, 3.05) is 5.32 Å². The van der Waals surface area contributed by atoms with E-state index in [1.165, 1.54) is 12.1 Å². The number of amides is 1. The van der Waals surface area contributed by atoms with Crippen LogP contribution in [-0.4, -0.2) is 19.4 Å². The summed E-state index contributed by atoms with van der Waals surface area (Å²) in [6.45, 7) is 0.203. The van der Waals surface area contributed by atoms with E-state index in [0.717, 1.165) is 10.0 Å². The maximum atomic E-state index is 12.5. The fourth-order valence-corrected chi connectivity index (χ4v) is 4.17. The molecular weight excluding hydrogens is 486 g/mol. The van der Waals surface area contributed by atoms with Gasteiger partial charge >= 0.3 is 0 Å². The fourth-order valence-electron chi connectivity index (χ4n) is 2.54. The number of rotatable bonds is 6. The van der Waals surface area contributed by atoms with Crippen LogP contribution in [0.4, 0.5) is 5.69 Å². The molecule has 0 aliphatic carbocycles. The Morgan fingerprint density at radius 2 is 1.63 bits per heavy atom. The number of sulfonamides is 1. The van der Waals surface area contributed by atoms with E-state index in [1.807, 2.05) is 36.4 Å². The Morgan fingerprint density at radius 3 is 2.30 bits per heavy atom. The summed E-state index contributed by atoms with van der Waals surface area (Å²) in [7, 11) is -3.65. The van der Waals surface area contributed by atoms with Crippen molar-refractivity contribution in [3.63, 3.8) is 0 Å². The molecule has 3 aromatic rings. The van der Waals surface area contributed by atoms with Crippen molar-refractivity contribution < 1.29 is 13.2 Å². The molecule has 154 valence electrons. The summed E-state index contributed by atoms with van der Waals surface area (Å²) in [5.74, 6) is -0.349. The Kier molecular flexibility index (Phi) is 7.33. The number of hydrogen-bond acceptors (Lipinski definition) is 4. The number of benzene rings is 3. The van der Waals surface area contributed by atoms with Crippen molar-refractivity contribution in [3.8, 4) is 0 Å². The highest BCUT2D eigenvalue weighted by Crippen LogP contribution is 2.15. The van der Waals surface area contributed by atoms with E-state index in [2.05, 4.69) is 31.3 Å². The quantitative estimate of drug-likeness (QED) is 0.441. The lowest BCUT2D eigenvalue weighted by Crippen LogP contribution is -2.34. The lowest BCUT2D eigenvalue weighted by molar-refractivity contribution is 0.0977. The van der Waals surface area contributed by atoms with Gasteiger partial charge in [0.2, 0.25) is 10.0 Å². The van der Waals surface area contributed by atoms with Gasteiger partial charge in [-0.2, -0.15) is 0 Å². The smallest absolute Gasteiger partial charge is 0.257 e. The van der Waals surface area contributed by atoms with Crippen LogP contribution in [0.25, 0.3) is 0 Å². The van der Waals surface area contributed by atoms with E-state index in [-0.39, 0.29) is 22.5 Å². The second-order valence-electron chi connectivity index (χ2n) is 6.25. The number of carbonyl (C=O) groups is 1. The molecule has 0 fully saturated rings. The molecule has 0 atom stereocenters. The molecule has 1 amide bonds. The lowest BCUT2D eigenvalue weighted by Gasteiger charge is -2.11. The van der Waals surface area contributed by atoms with E-state index in [4.69, 9.17) is 12.2 Å². The number of thiocarbonyl (C=S) groups is 1. The van der Waals surface area contributed by atoms with Crippen LogP contribution in [0, 0.1) is 0 Å². The second kappa shape index (κ2) is 9.94. The van der Waals surface area contributed by atoms with Crippen molar-refractivity contribution in [2.45, 2.75) is 11.4 Å². The third-order valence-corrected chi connectivity index (χ3v) is 6.16. The highest BCUT2D eigenvalue weighted by atomic mass is 79.9. The van der Waals surface area contributed by atoms with Crippen LogP contribution >= 0.6 is 28.1 Å². The first-order valence-electron chi connectivity index (χ1n) is 8.85. The number of hydrogen-bond donors (Lipinski definition) is 3. The lowest BCUT2D eigenvalue weighted by atomic mass is 10.2. The normalized spacial score (nSPS) is 11.0. The van der Waals surface area contributed by atoms with E-state index >= 15 is 0 Å². The standard InChI is InChI=1S/C21H18BrN3O3S2/c22-17-8-4-7-16(13-17)20(26)25-21(29)24-18-9-11-19(12-10-18)30(27,28)23-14-15-5-2-1-3-6-15/h1-13,23H,14H2,(H2,24,25,26,29). The van der Waals surface area contributed by atoms with Crippen molar-refractivity contribution in [3.05, 3.63) is 94.5 Å². The Labute approximate surface area is 188 Å². The predicted octanol–water partition coefficient (Wildman–Crippen LogP) is 4.05. The molecule has 0 radical (unpaired) electrons. The van der Waals surface area contributed by atoms with E-state index < -0.39 is 10.0 Å². The van der Waals surface area contributed by atoms with Gasteiger partial charge in [-0.3, -0.25) is 10.1 Å². The average Bonchev–Trinajstić information content (AvgIpc) is 2.73. The Balaban J connectivity index is 1.58. The maximum absolute atomic E-state index is 12.5. The summed E-state index contributed by atoms with van der Waals surface area (Å²) < 4.78 is 28.3. The zero-order valence-corrected chi connectivity index (χ0v) is 18.9. The monoisotopic (exact) mass is 503 g/mol. The molecule has 0 saturated carbocycles. The van der Waals surface area contributed by atoms with Gasteiger partial charge in [0.25, 0.3) is 5.91 Å². The van der Waals surface area contributed by atoms with Crippen LogP contribution in [0.3, 0.4) is 0 Å². The fraction of sp³-hybridized carbons (Fsp3) is 0.0476. The molecule has 0 aliphatic rings. The second-order valence-corrected chi connectivity index (χ2v) is 9.34. The average molecular weight is 504 g/mol. The molecule has 6 nitrogen and oxygen atoms in total. The van der Waals surface area contributed by atoms with Gasteiger partial charge in [0.05, 0.1) is 4.90 Å². The van der Waals surface area contributed by atoms with Gasteiger partial charge in [-0.25, -0.2) is 13.1 Å². The molecule has 0 saturated heterocycles. The topological polar surface area (TPSA) is 87.3 Å². The van der Waals surface area contributed by atoms with Crippen LogP contribution in [0.5, 0.6) is 0 Å². The summed E-state index contributed by atoms with van der Waals surface area (Å²) in [5, 5.41) is 5.56. The first-order chi connectivity index (χ1) is 14.3. The summed E-state index contributed by atoms with van der Waals surface area (Å²) in [6.07, 6.45) is 0. The van der Waals surface area contributed by atoms with Gasteiger partial charge < -0.3 is 5.32 Å². The third kappa shape index (κ3) is 6.20. The summed E-state index contributed by atoms with van der Waals surface area (Å²) in [4.78, 5) is 12.4. The zero-order chi connectivity index (χ0) is 21.6. The maximum Gasteiger partial charge on any atom is 0.257 e. The molecule has 3 rings (SSSR count). The van der Waals surface area contributed by atoms with Gasteiger partial charge in [0.1, 0.15) is 0 Å². The molecule has 0 heterocycles. The first kappa shape index (κ1) is 22.1. The minimum Gasteiger partial charge on any atom is -0.332 e. The van der Waals surface area contributed by atoms with Crippen molar-refractivity contribution in [2.24, 2.45) is 0 Å². The summed E-state index contributed by atoms with van der Waals surface area (Å²) in [5.41, 5.74) is 1.88. The molecule has 0 unspecified atom stereocenters. The van der Waals surface area contributed by atoms with Gasteiger partial charge in [0, 0.05) is 22.3 Å². The molecule has 0 aliphatic heterocycles. The highest BCUT2D eigenvalue weighted by Gasteiger charge is 2.14. The van der Waals surface area contributed by atoms with Crippen LogP contribution in [0.2, 0.25) is 0 Å².